The molecule has 1 aliphatic heterocycles. The number of hydrogen-bond donors (Lipinski definition) is 1. The van der Waals surface area contributed by atoms with E-state index in [1.807, 2.05) is 6.08 Å². The summed E-state index contributed by atoms with van der Waals surface area (Å²) in [6.45, 7) is 8.05. The summed E-state index contributed by atoms with van der Waals surface area (Å²) in [5.74, 6) is 0.291. The zero-order valence-corrected chi connectivity index (χ0v) is 18.2. The fraction of sp³-hybridized carbons (Fsp3) is 0.636. The van der Waals surface area contributed by atoms with Crippen LogP contribution in [-0.4, -0.2) is 59.6 Å². The standard InChI is InChI=1S/C22H30N2O6/c1-19(2,3)30-18(26)24(16-7-6-10-29-16)14-21(27)8-9-22-12-20(22,4)13-23(15(22)11-21)17(25)28-5/h6-10,15,27H,11-14H2,1-5H3/t15-,20-,21?,22+/m1/s1. The second-order valence-corrected chi connectivity index (χ2v) is 10.1. The van der Waals surface area contributed by atoms with Gasteiger partial charge in [0, 0.05) is 30.5 Å². The van der Waals surface area contributed by atoms with Gasteiger partial charge in [0.05, 0.1) is 19.9 Å². The Bertz CT molecular complexity index is 875. The van der Waals surface area contributed by atoms with Crippen LogP contribution in [-0.2, 0) is 9.47 Å². The molecular weight excluding hydrogens is 388 g/mol. The van der Waals surface area contributed by atoms with Crippen molar-refractivity contribution >= 4 is 18.1 Å². The van der Waals surface area contributed by atoms with Crippen LogP contribution < -0.4 is 4.90 Å². The maximum atomic E-state index is 12.9. The van der Waals surface area contributed by atoms with Gasteiger partial charge in [-0.05, 0) is 38.7 Å². The quantitative estimate of drug-likeness (QED) is 0.755. The van der Waals surface area contributed by atoms with E-state index in [-0.39, 0.29) is 29.5 Å². The lowest BCUT2D eigenvalue weighted by atomic mass is 9.77. The Morgan fingerprint density at radius 3 is 2.70 bits per heavy atom. The highest BCUT2D eigenvalue weighted by Crippen LogP contribution is 2.74. The average Bonchev–Trinajstić information content (AvgIpc) is 3.00. The number of furan rings is 1. The second kappa shape index (κ2) is 6.51. The average molecular weight is 418 g/mol. The number of amides is 2. The molecule has 0 radical (unpaired) electrons. The molecular formula is C22H30N2O6. The molecule has 164 valence electrons. The van der Waals surface area contributed by atoms with Gasteiger partial charge >= 0.3 is 12.2 Å². The Labute approximate surface area is 176 Å². The Morgan fingerprint density at radius 2 is 2.10 bits per heavy atom. The Kier molecular flexibility index (Phi) is 4.51. The van der Waals surface area contributed by atoms with Crippen molar-refractivity contribution in [3.8, 4) is 0 Å². The first-order chi connectivity index (χ1) is 13.9. The molecule has 2 amide bonds. The first-order valence-electron chi connectivity index (χ1n) is 10.2. The molecule has 2 aliphatic carbocycles. The molecule has 1 unspecified atom stereocenters. The van der Waals surface area contributed by atoms with Crippen molar-refractivity contribution in [3.63, 3.8) is 0 Å². The number of ether oxygens (including phenoxy) is 2. The SMILES string of the molecule is COC(=O)N1C[C@@]2(C)C[C@]23C=CC(O)(CN(C(=O)OC(C)(C)C)c2ccco2)C[C@@H]13. The molecule has 2 heterocycles. The lowest BCUT2D eigenvalue weighted by Crippen LogP contribution is -2.53. The van der Waals surface area contributed by atoms with Crippen LogP contribution in [0.2, 0.25) is 0 Å². The van der Waals surface area contributed by atoms with Crippen molar-refractivity contribution in [3.05, 3.63) is 30.5 Å². The number of carbonyl (C=O) groups is 2. The van der Waals surface area contributed by atoms with E-state index in [1.54, 1.807) is 43.9 Å². The van der Waals surface area contributed by atoms with Crippen LogP contribution in [0.15, 0.2) is 35.0 Å². The highest BCUT2D eigenvalue weighted by molar-refractivity contribution is 5.86. The fourth-order valence-electron chi connectivity index (χ4n) is 5.13. The minimum Gasteiger partial charge on any atom is -0.453 e. The highest BCUT2D eigenvalue weighted by Gasteiger charge is 2.75. The number of nitrogens with zero attached hydrogens (tertiary/aromatic N) is 2. The lowest BCUT2D eigenvalue weighted by Gasteiger charge is -2.41. The summed E-state index contributed by atoms with van der Waals surface area (Å²) in [7, 11) is 1.37. The number of hydrogen-bond acceptors (Lipinski definition) is 6. The van der Waals surface area contributed by atoms with E-state index in [2.05, 4.69) is 6.92 Å². The van der Waals surface area contributed by atoms with Crippen LogP contribution in [0.5, 0.6) is 0 Å². The normalized spacial score (nSPS) is 34.2. The molecule has 4 atom stereocenters. The third-order valence-corrected chi connectivity index (χ3v) is 6.64. The van der Waals surface area contributed by atoms with Crippen molar-refractivity contribution in [1.29, 1.82) is 0 Å². The maximum absolute atomic E-state index is 12.9. The summed E-state index contributed by atoms with van der Waals surface area (Å²) in [4.78, 5) is 28.2. The second-order valence-electron chi connectivity index (χ2n) is 10.1. The van der Waals surface area contributed by atoms with Gasteiger partial charge in [-0.2, -0.15) is 0 Å². The molecule has 4 rings (SSSR count). The minimum absolute atomic E-state index is 0.00441. The predicted molar refractivity (Wildman–Crippen MR) is 109 cm³/mol. The number of rotatable bonds is 3. The third-order valence-electron chi connectivity index (χ3n) is 6.64. The van der Waals surface area contributed by atoms with Crippen molar-refractivity contribution in [2.75, 3.05) is 25.1 Å². The molecule has 0 bridgehead atoms. The van der Waals surface area contributed by atoms with Gasteiger partial charge in [0.1, 0.15) is 11.2 Å². The Hall–Kier alpha value is -2.48. The first kappa shape index (κ1) is 20.8. The smallest absolute Gasteiger partial charge is 0.417 e. The molecule has 30 heavy (non-hydrogen) atoms. The van der Waals surface area contributed by atoms with Gasteiger partial charge in [-0.15, -0.1) is 0 Å². The summed E-state index contributed by atoms with van der Waals surface area (Å²) >= 11 is 0. The molecule has 1 saturated heterocycles. The largest absolute Gasteiger partial charge is 0.453 e. The van der Waals surface area contributed by atoms with Crippen LogP contribution in [0.4, 0.5) is 15.5 Å². The van der Waals surface area contributed by atoms with Gasteiger partial charge in [0.15, 0.2) is 0 Å². The predicted octanol–water partition coefficient (Wildman–Crippen LogP) is 3.56. The number of likely N-dealkylation sites (tertiary alicyclic amines) is 1. The number of anilines is 1. The molecule has 8 heteroatoms. The molecule has 1 N–H and O–H groups in total. The van der Waals surface area contributed by atoms with Crippen LogP contribution in [0.25, 0.3) is 0 Å². The molecule has 3 aliphatic rings. The summed E-state index contributed by atoms with van der Waals surface area (Å²) < 4.78 is 15.9. The van der Waals surface area contributed by atoms with Gasteiger partial charge in [-0.1, -0.05) is 19.1 Å². The van der Waals surface area contributed by atoms with E-state index in [0.29, 0.717) is 18.8 Å². The van der Waals surface area contributed by atoms with Crippen LogP contribution >= 0.6 is 0 Å². The van der Waals surface area contributed by atoms with Gasteiger partial charge < -0.3 is 23.9 Å². The zero-order valence-electron chi connectivity index (χ0n) is 18.2. The van der Waals surface area contributed by atoms with Gasteiger partial charge in [0.25, 0.3) is 0 Å². The monoisotopic (exact) mass is 418 g/mol. The van der Waals surface area contributed by atoms with Gasteiger partial charge in [0.2, 0.25) is 5.88 Å². The van der Waals surface area contributed by atoms with Crippen LogP contribution in [0.1, 0.15) is 40.5 Å². The number of methoxy groups -OCH3 is 1. The molecule has 1 spiro atoms. The van der Waals surface area contributed by atoms with Crippen molar-refractivity contribution in [1.82, 2.24) is 4.90 Å². The molecule has 1 aromatic heterocycles. The number of piperidine rings is 1. The van der Waals surface area contributed by atoms with E-state index < -0.39 is 17.3 Å². The maximum Gasteiger partial charge on any atom is 0.417 e. The van der Waals surface area contributed by atoms with Gasteiger partial charge in [-0.3, -0.25) is 0 Å². The lowest BCUT2D eigenvalue weighted by molar-refractivity contribution is 0.0246. The van der Waals surface area contributed by atoms with Crippen molar-refractivity contribution in [2.45, 2.75) is 57.8 Å². The Balaban J connectivity index is 1.61. The van der Waals surface area contributed by atoms with Gasteiger partial charge in [-0.25, -0.2) is 14.5 Å². The van der Waals surface area contributed by atoms with Crippen molar-refractivity contribution < 1.29 is 28.6 Å². The van der Waals surface area contributed by atoms with E-state index in [4.69, 9.17) is 13.9 Å². The van der Waals surface area contributed by atoms with Crippen LogP contribution in [0, 0.1) is 10.8 Å². The summed E-state index contributed by atoms with van der Waals surface area (Å²) in [6, 6.07) is 3.13. The molecule has 8 nitrogen and oxygen atoms in total. The topological polar surface area (TPSA) is 92.5 Å². The van der Waals surface area contributed by atoms with Crippen LogP contribution in [0.3, 0.4) is 0 Å². The highest BCUT2D eigenvalue weighted by atomic mass is 16.6. The number of carbonyl (C=O) groups excluding carboxylic acids is 2. The van der Waals surface area contributed by atoms with E-state index in [1.165, 1.54) is 18.3 Å². The van der Waals surface area contributed by atoms with E-state index in [0.717, 1.165) is 6.42 Å². The van der Waals surface area contributed by atoms with E-state index >= 15 is 0 Å². The Morgan fingerprint density at radius 1 is 1.37 bits per heavy atom. The van der Waals surface area contributed by atoms with E-state index in [9.17, 15) is 14.7 Å². The third kappa shape index (κ3) is 3.27. The zero-order chi connectivity index (χ0) is 21.9. The molecule has 1 saturated carbocycles. The first-order valence-corrected chi connectivity index (χ1v) is 10.2. The summed E-state index contributed by atoms with van der Waals surface area (Å²) in [6.07, 6.45) is 5.54. The van der Waals surface area contributed by atoms with Crippen molar-refractivity contribution in [2.24, 2.45) is 10.8 Å². The molecule has 1 aromatic rings. The fourth-order valence-corrected chi connectivity index (χ4v) is 5.13. The molecule has 2 fully saturated rings. The molecule has 0 aromatic carbocycles. The summed E-state index contributed by atoms with van der Waals surface area (Å²) in [5, 5.41) is 11.5. The minimum atomic E-state index is -1.35. The summed E-state index contributed by atoms with van der Waals surface area (Å²) in [5.41, 5.74) is -2.19. The number of aliphatic hydroxyl groups is 1.